The maximum atomic E-state index is 10.4. The van der Waals surface area contributed by atoms with Crippen LogP contribution >= 0.6 is 0 Å². The van der Waals surface area contributed by atoms with E-state index < -0.39 is 10.8 Å². The Morgan fingerprint density at radius 2 is 2.21 bits per heavy atom. The molecule has 5 nitrogen and oxygen atoms in total. The van der Waals surface area contributed by atoms with Crippen molar-refractivity contribution in [2.24, 2.45) is 0 Å². The molecule has 1 aromatic rings. The Labute approximate surface area is 80.1 Å². The molecule has 0 fully saturated rings. The monoisotopic (exact) mass is 195 g/mol. The lowest BCUT2D eigenvalue weighted by molar-refractivity contribution is -0.384. The number of phenolic OH excluding ortho intramolecular Hbond substituents is 1. The average molecular weight is 195 g/mol. The van der Waals surface area contributed by atoms with E-state index in [0.29, 0.717) is 11.8 Å². The van der Waals surface area contributed by atoms with Gasteiger partial charge in [0.05, 0.1) is 11.0 Å². The van der Waals surface area contributed by atoms with Crippen LogP contribution in [0.5, 0.6) is 5.75 Å². The van der Waals surface area contributed by atoms with Gasteiger partial charge in [0.15, 0.2) is 0 Å². The molecule has 0 spiro atoms. The number of hydrogen-bond acceptors (Lipinski definition) is 4. The van der Waals surface area contributed by atoms with Gasteiger partial charge >= 0.3 is 0 Å². The van der Waals surface area contributed by atoms with E-state index in [1.807, 2.05) is 0 Å². The van der Waals surface area contributed by atoms with Crippen molar-refractivity contribution < 1.29 is 14.8 Å². The number of nitro benzene ring substituents is 1. The first kappa shape index (κ1) is 10.2. The number of rotatable bonds is 3. The minimum atomic E-state index is -0.602. The van der Waals surface area contributed by atoms with Gasteiger partial charge in [0.1, 0.15) is 12.0 Å². The van der Waals surface area contributed by atoms with Crippen molar-refractivity contribution in [1.29, 1.82) is 0 Å². The van der Waals surface area contributed by atoms with Crippen LogP contribution in [0.2, 0.25) is 0 Å². The van der Waals surface area contributed by atoms with Gasteiger partial charge in [-0.25, -0.2) is 0 Å². The molecule has 74 valence electrons. The Morgan fingerprint density at radius 1 is 1.57 bits per heavy atom. The summed E-state index contributed by atoms with van der Waals surface area (Å²) in [5.41, 5.74) is 0.204. The summed E-state index contributed by atoms with van der Waals surface area (Å²) in [6.07, 6.45) is 0.668. The Balaban J connectivity index is 3.13. The normalized spacial score (nSPS) is 12.1. The van der Waals surface area contributed by atoms with Gasteiger partial charge in [-0.3, -0.25) is 10.1 Å². The van der Waals surface area contributed by atoms with E-state index in [1.165, 1.54) is 12.1 Å². The van der Waals surface area contributed by atoms with Crippen LogP contribution in [0.4, 0.5) is 5.69 Å². The molecule has 1 aromatic carbocycles. The molecule has 0 aliphatic rings. The molecule has 1 rings (SSSR count). The first-order valence-electron chi connectivity index (χ1n) is 3.99. The first-order chi connectivity index (χ1) is 6.56. The lowest BCUT2D eigenvalue weighted by atomic mass is 10.0. The second-order valence-electron chi connectivity index (χ2n) is 2.92. The zero-order valence-corrected chi connectivity index (χ0v) is 7.51. The Kier molecular flexibility index (Phi) is 2.81. The molecule has 0 saturated heterocycles. The van der Waals surface area contributed by atoms with Crippen molar-refractivity contribution in [2.45, 2.75) is 12.8 Å². The molecule has 0 amide bonds. The molecule has 0 bridgehead atoms. The molecular formula is C9H9NO4. The van der Waals surface area contributed by atoms with Crippen LogP contribution in [0.25, 0.3) is 0 Å². The number of nitrogens with zero attached hydrogens (tertiary/aromatic N) is 1. The largest absolute Gasteiger partial charge is 0.507 e. The average Bonchev–Trinajstić information content (AvgIpc) is 2.16. The van der Waals surface area contributed by atoms with Crippen molar-refractivity contribution >= 4 is 12.0 Å². The second-order valence-corrected chi connectivity index (χ2v) is 2.92. The zero-order chi connectivity index (χ0) is 10.7. The van der Waals surface area contributed by atoms with Gasteiger partial charge in [-0.15, -0.1) is 0 Å². The number of aldehydes is 1. The van der Waals surface area contributed by atoms with Gasteiger partial charge in [-0.2, -0.15) is 0 Å². The number of carbonyl (C=O) groups excluding carboxylic acids is 1. The number of phenols is 1. The van der Waals surface area contributed by atoms with Crippen molar-refractivity contribution in [3.05, 3.63) is 33.9 Å². The standard InChI is InChI=1S/C9H9NO4/c1-6(5-11)8-3-2-7(10(13)14)4-9(8)12/h2-6,12H,1H3. The topological polar surface area (TPSA) is 80.4 Å². The summed E-state index contributed by atoms with van der Waals surface area (Å²) in [5, 5.41) is 19.7. The molecule has 1 N–H and O–H groups in total. The van der Waals surface area contributed by atoms with E-state index in [2.05, 4.69) is 0 Å². The molecule has 0 saturated carbocycles. The highest BCUT2D eigenvalue weighted by Crippen LogP contribution is 2.28. The van der Waals surface area contributed by atoms with Gasteiger partial charge in [0, 0.05) is 17.5 Å². The lowest BCUT2D eigenvalue weighted by Crippen LogP contribution is -1.96. The maximum absolute atomic E-state index is 10.4. The van der Waals surface area contributed by atoms with Crippen molar-refractivity contribution in [3.8, 4) is 5.75 Å². The molecule has 5 heteroatoms. The second kappa shape index (κ2) is 3.87. The highest BCUT2D eigenvalue weighted by Gasteiger charge is 2.13. The number of nitro groups is 1. The van der Waals surface area contributed by atoms with Crippen LogP contribution < -0.4 is 0 Å². The minimum Gasteiger partial charge on any atom is -0.507 e. The third-order valence-corrected chi connectivity index (χ3v) is 1.92. The third-order valence-electron chi connectivity index (χ3n) is 1.92. The lowest BCUT2D eigenvalue weighted by Gasteiger charge is -2.05. The van der Waals surface area contributed by atoms with Crippen molar-refractivity contribution in [2.75, 3.05) is 0 Å². The predicted octanol–water partition coefficient (Wildman–Crippen LogP) is 1.60. The van der Waals surface area contributed by atoms with Crippen LogP contribution in [0.15, 0.2) is 18.2 Å². The molecule has 0 aromatic heterocycles. The summed E-state index contributed by atoms with van der Waals surface area (Å²) in [6.45, 7) is 1.61. The van der Waals surface area contributed by atoms with E-state index in [1.54, 1.807) is 6.92 Å². The Bertz CT molecular complexity index is 375. The summed E-state index contributed by atoms with van der Waals surface area (Å²) >= 11 is 0. The summed E-state index contributed by atoms with van der Waals surface area (Å²) < 4.78 is 0. The third kappa shape index (κ3) is 1.87. The fraction of sp³-hybridized carbons (Fsp3) is 0.222. The van der Waals surface area contributed by atoms with Crippen LogP contribution in [0.3, 0.4) is 0 Å². The smallest absolute Gasteiger partial charge is 0.273 e. The number of benzene rings is 1. The van der Waals surface area contributed by atoms with Crippen LogP contribution in [-0.4, -0.2) is 16.3 Å². The SMILES string of the molecule is CC(C=O)c1ccc([N+](=O)[O-])cc1O. The highest BCUT2D eigenvalue weighted by molar-refractivity contribution is 5.64. The fourth-order valence-corrected chi connectivity index (χ4v) is 1.10. The first-order valence-corrected chi connectivity index (χ1v) is 3.99. The van der Waals surface area contributed by atoms with E-state index in [4.69, 9.17) is 0 Å². The van der Waals surface area contributed by atoms with E-state index in [9.17, 15) is 20.0 Å². The summed E-state index contributed by atoms with van der Waals surface area (Å²) in [6, 6.07) is 3.68. The van der Waals surface area contributed by atoms with E-state index in [0.717, 1.165) is 6.07 Å². The van der Waals surface area contributed by atoms with Gasteiger partial charge in [-0.05, 0) is 6.07 Å². The quantitative estimate of drug-likeness (QED) is 0.451. The van der Waals surface area contributed by atoms with Gasteiger partial charge < -0.3 is 9.90 Å². The van der Waals surface area contributed by atoms with Crippen LogP contribution in [0.1, 0.15) is 18.4 Å². The summed E-state index contributed by atoms with van der Waals surface area (Å²) in [7, 11) is 0. The van der Waals surface area contributed by atoms with Gasteiger partial charge in [-0.1, -0.05) is 6.92 Å². The van der Waals surface area contributed by atoms with Crippen LogP contribution in [0, 0.1) is 10.1 Å². The number of aromatic hydroxyl groups is 1. The molecule has 1 atom stereocenters. The molecule has 0 radical (unpaired) electrons. The van der Waals surface area contributed by atoms with Crippen LogP contribution in [-0.2, 0) is 4.79 Å². The predicted molar refractivity (Wildman–Crippen MR) is 49.2 cm³/mol. The molecular weight excluding hydrogens is 186 g/mol. The number of hydrogen-bond donors (Lipinski definition) is 1. The number of carbonyl (C=O) groups is 1. The fourth-order valence-electron chi connectivity index (χ4n) is 1.10. The summed E-state index contributed by atoms with van der Waals surface area (Å²) in [4.78, 5) is 20.2. The van der Waals surface area contributed by atoms with Crippen molar-refractivity contribution in [3.63, 3.8) is 0 Å². The van der Waals surface area contributed by atoms with Crippen molar-refractivity contribution in [1.82, 2.24) is 0 Å². The molecule has 0 aliphatic carbocycles. The summed E-state index contributed by atoms with van der Waals surface area (Å²) in [5.74, 6) is -0.686. The zero-order valence-electron chi connectivity index (χ0n) is 7.51. The Morgan fingerprint density at radius 3 is 2.64 bits per heavy atom. The molecule has 0 aliphatic heterocycles. The maximum Gasteiger partial charge on any atom is 0.273 e. The molecule has 1 unspecified atom stereocenters. The van der Waals surface area contributed by atoms with Gasteiger partial charge in [0.2, 0.25) is 0 Å². The molecule has 0 heterocycles. The number of non-ortho nitro benzene ring substituents is 1. The van der Waals surface area contributed by atoms with E-state index in [-0.39, 0.29) is 11.4 Å². The minimum absolute atomic E-state index is 0.190. The highest BCUT2D eigenvalue weighted by atomic mass is 16.6. The molecule has 14 heavy (non-hydrogen) atoms. The van der Waals surface area contributed by atoms with Gasteiger partial charge in [0.25, 0.3) is 5.69 Å². The van der Waals surface area contributed by atoms with E-state index >= 15 is 0 Å². The Hall–Kier alpha value is -1.91.